The average molecular weight is 374 g/mol. The second kappa shape index (κ2) is 6.32. The zero-order valence-electron chi connectivity index (χ0n) is 13.7. The van der Waals surface area contributed by atoms with Crippen LogP contribution in [0.15, 0.2) is 53.7 Å². The maximum Gasteiger partial charge on any atom is 0.226 e. The molecule has 0 unspecified atom stereocenters. The van der Waals surface area contributed by atoms with Gasteiger partial charge in [-0.25, -0.2) is 22.2 Å². The number of sulfone groups is 1. The van der Waals surface area contributed by atoms with Gasteiger partial charge in [-0.3, -0.25) is 0 Å². The minimum absolute atomic E-state index is 0.0617. The van der Waals surface area contributed by atoms with Crippen LogP contribution in [0.4, 0.5) is 8.78 Å². The molecule has 0 saturated heterocycles. The van der Waals surface area contributed by atoms with E-state index < -0.39 is 21.5 Å². The average Bonchev–Trinajstić information content (AvgIpc) is 3.29. The number of benzene rings is 2. The number of H-pyrrole nitrogens is 1. The van der Waals surface area contributed by atoms with Gasteiger partial charge in [-0.1, -0.05) is 0 Å². The second-order valence-electron chi connectivity index (χ2n) is 6.50. The third-order valence-corrected chi connectivity index (χ3v) is 6.07. The summed E-state index contributed by atoms with van der Waals surface area (Å²) >= 11 is 0. The fourth-order valence-corrected chi connectivity index (χ4v) is 4.41. The maximum absolute atomic E-state index is 13.3. The summed E-state index contributed by atoms with van der Waals surface area (Å²) in [6, 6.07) is 11.3. The van der Waals surface area contributed by atoms with Crippen LogP contribution in [-0.4, -0.2) is 24.1 Å². The molecule has 1 saturated carbocycles. The largest absolute Gasteiger partial charge is 0.328 e. The Morgan fingerprint density at radius 3 is 2.00 bits per heavy atom. The smallest absolute Gasteiger partial charge is 0.226 e. The van der Waals surface area contributed by atoms with Crippen LogP contribution >= 0.6 is 0 Å². The normalized spacial score (nSPS) is 14.5. The van der Waals surface area contributed by atoms with E-state index in [4.69, 9.17) is 0 Å². The molecule has 134 valence electrons. The molecule has 4 rings (SSSR count). The van der Waals surface area contributed by atoms with E-state index in [2.05, 4.69) is 9.97 Å². The molecule has 3 aromatic rings. The van der Waals surface area contributed by atoms with Crippen LogP contribution in [0.5, 0.6) is 0 Å². The lowest BCUT2D eigenvalue weighted by molar-refractivity contribution is 0.585. The van der Waals surface area contributed by atoms with Crippen LogP contribution in [0.3, 0.4) is 0 Å². The highest BCUT2D eigenvalue weighted by Crippen LogP contribution is 2.35. The lowest BCUT2D eigenvalue weighted by Crippen LogP contribution is -2.10. The molecule has 0 radical (unpaired) electrons. The molecule has 2 aromatic carbocycles. The molecular formula is C19H16F2N2O2S. The first-order valence-electron chi connectivity index (χ1n) is 8.27. The molecule has 1 N–H and O–H groups in total. The third-order valence-electron chi connectivity index (χ3n) is 4.38. The number of nitrogens with one attached hydrogen (secondary N) is 1. The van der Waals surface area contributed by atoms with Gasteiger partial charge in [-0.15, -0.1) is 0 Å². The Bertz CT molecular complexity index is 975. The highest BCUT2D eigenvalue weighted by molar-refractivity contribution is 7.91. The molecule has 7 heteroatoms. The lowest BCUT2D eigenvalue weighted by atomic mass is 10.1. The van der Waals surface area contributed by atoms with Gasteiger partial charge < -0.3 is 4.98 Å². The van der Waals surface area contributed by atoms with Crippen LogP contribution in [0.2, 0.25) is 0 Å². The van der Waals surface area contributed by atoms with Gasteiger partial charge >= 0.3 is 0 Å². The lowest BCUT2D eigenvalue weighted by Gasteiger charge is -2.03. The minimum atomic E-state index is -3.55. The molecule has 1 fully saturated rings. The van der Waals surface area contributed by atoms with E-state index in [1.54, 1.807) is 12.1 Å². The molecule has 0 spiro atoms. The Morgan fingerprint density at radius 1 is 0.923 bits per heavy atom. The standard InChI is InChI=1S/C19H16F2N2O2S/c20-15-7-3-13(4-8-15)17-18(14-5-9-16(21)10-6-14)23-19(22-17)26(24,25)11-12-1-2-12/h3-10,12H,1-2,11H2,(H,22,23). The van der Waals surface area contributed by atoms with Crippen molar-refractivity contribution in [3.63, 3.8) is 0 Å². The van der Waals surface area contributed by atoms with E-state index in [1.807, 2.05) is 0 Å². The van der Waals surface area contributed by atoms with Crippen molar-refractivity contribution < 1.29 is 17.2 Å². The molecule has 0 atom stereocenters. The third kappa shape index (κ3) is 3.39. The van der Waals surface area contributed by atoms with E-state index in [-0.39, 0.29) is 16.8 Å². The molecule has 1 aliphatic carbocycles. The van der Waals surface area contributed by atoms with Crippen molar-refractivity contribution in [2.45, 2.75) is 18.0 Å². The predicted molar refractivity (Wildman–Crippen MR) is 94.2 cm³/mol. The van der Waals surface area contributed by atoms with Crippen molar-refractivity contribution in [3.05, 3.63) is 60.2 Å². The Morgan fingerprint density at radius 2 is 1.46 bits per heavy atom. The summed E-state index contributed by atoms with van der Waals surface area (Å²) in [5.74, 6) is -0.535. The Kier molecular flexibility index (Phi) is 4.11. The summed E-state index contributed by atoms with van der Waals surface area (Å²) in [6.07, 6.45) is 1.82. The zero-order valence-corrected chi connectivity index (χ0v) is 14.6. The van der Waals surface area contributed by atoms with Gasteiger partial charge in [0.25, 0.3) is 0 Å². The summed E-state index contributed by atoms with van der Waals surface area (Å²) in [7, 11) is -3.55. The highest BCUT2D eigenvalue weighted by atomic mass is 32.2. The first-order chi connectivity index (χ1) is 12.4. The van der Waals surface area contributed by atoms with E-state index in [1.165, 1.54) is 36.4 Å². The summed E-state index contributed by atoms with van der Waals surface area (Å²) in [4.78, 5) is 7.19. The summed E-state index contributed by atoms with van der Waals surface area (Å²) in [5.41, 5.74) is 2.04. The van der Waals surface area contributed by atoms with Crippen molar-refractivity contribution >= 4 is 9.84 Å². The molecule has 0 amide bonds. The van der Waals surface area contributed by atoms with Crippen LogP contribution in [-0.2, 0) is 9.84 Å². The molecule has 0 aliphatic heterocycles. The number of aromatic nitrogens is 2. The molecular weight excluding hydrogens is 358 g/mol. The topological polar surface area (TPSA) is 62.8 Å². The Hall–Kier alpha value is -2.54. The number of rotatable bonds is 5. The maximum atomic E-state index is 13.3. The number of aromatic amines is 1. The summed E-state index contributed by atoms with van der Waals surface area (Å²) in [5, 5.41) is -0.108. The van der Waals surface area contributed by atoms with Gasteiger partial charge in [0.1, 0.15) is 11.6 Å². The SMILES string of the molecule is O=S(=O)(CC1CC1)c1nc(-c2ccc(F)cc2)c(-c2ccc(F)cc2)[nH]1. The van der Waals surface area contributed by atoms with Crippen LogP contribution < -0.4 is 0 Å². The summed E-state index contributed by atoms with van der Waals surface area (Å²) in [6.45, 7) is 0. The van der Waals surface area contributed by atoms with Crippen LogP contribution in [0.1, 0.15) is 12.8 Å². The molecule has 0 bridgehead atoms. The fourth-order valence-electron chi connectivity index (χ4n) is 2.81. The number of imidazole rings is 1. The minimum Gasteiger partial charge on any atom is -0.328 e. The second-order valence-corrected chi connectivity index (χ2v) is 8.45. The zero-order chi connectivity index (χ0) is 18.3. The van der Waals surface area contributed by atoms with Gasteiger partial charge in [0.2, 0.25) is 15.0 Å². The van der Waals surface area contributed by atoms with Crippen molar-refractivity contribution in [2.24, 2.45) is 5.92 Å². The van der Waals surface area contributed by atoms with Crippen LogP contribution in [0, 0.1) is 17.6 Å². The van der Waals surface area contributed by atoms with Gasteiger partial charge in [0, 0.05) is 11.1 Å². The van der Waals surface area contributed by atoms with Crippen molar-refractivity contribution in [3.8, 4) is 22.5 Å². The van der Waals surface area contributed by atoms with E-state index >= 15 is 0 Å². The first kappa shape index (κ1) is 16.9. The molecule has 4 nitrogen and oxygen atoms in total. The van der Waals surface area contributed by atoms with E-state index in [0.29, 0.717) is 22.5 Å². The monoisotopic (exact) mass is 374 g/mol. The fraction of sp³-hybridized carbons (Fsp3) is 0.211. The Balaban J connectivity index is 1.84. The number of halogens is 2. The molecule has 1 aromatic heterocycles. The number of nitrogens with zero attached hydrogens (tertiary/aromatic N) is 1. The van der Waals surface area contributed by atoms with Crippen molar-refractivity contribution in [1.29, 1.82) is 0 Å². The van der Waals surface area contributed by atoms with Crippen molar-refractivity contribution in [1.82, 2.24) is 9.97 Å². The van der Waals surface area contributed by atoms with E-state index in [0.717, 1.165) is 12.8 Å². The number of hydrogen-bond acceptors (Lipinski definition) is 3. The first-order valence-corrected chi connectivity index (χ1v) is 9.92. The molecule has 26 heavy (non-hydrogen) atoms. The van der Waals surface area contributed by atoms with Crippen LogP contribution in [0.25, 0.3) is 22.5 Å². The Labute approximate surface area is 149 Å². The van der Waals surface area contributed by atoms with Gasteiger partial charge in [0.15, 0.2) is 0 Å². The van der Waals surface area contributed by atoms with Crippen molar-refractivity contribution in [2.75, 3.05) is 5.75 Å². The summed E-state index contributed by atoms with van der Waals surface area (Å²) < 4.78 is 51.7. The highest BCUT2D eigenvalue weighted by Gasteiger charge is 2.31. The van der Waals surface area contributed by atoms with Gasteiger partial charge in [-0.2, -0.15) is 0 Å². The van der Waals surface area contributed by atoms with E-state index in [9.17, 15) is 17.2 Å². The predicted octanol–water partition coefficient (Wildman–Crippen LogP) is 4.21. The molecule has 1 aliphatic rings. The number of hydrogen-bond donors (Lipinski definition) is 1. The van der Waals surface area contributed by atoms with Gasteiger partial charge in [0.05, 0.1) is 17.1 Å². The van der Waals surface area contributed by atoms with Gasteiger partial charge in [-0.05, 0) is 67.3 Å². The quantitative estimate of drug-likeness (QED) is 0.728. The molecule has 1 heterocycles.